The lowest BCUT2D eigenvalue weighted by atomic mass is 9.84. The molecule has 7 heteroatoms. The fraction of sp³-hybridized carbons (Fsp3) is 0.500. The Morgan fingerprint density at radius 2 is 1.83 bits per heavy atom. The molecule has 0 bridgehead atoms. The number of carboxylic acid groups (broad SMARTS) is 1. The molecule has 0 radical (unpaired) electrons. The van der Waals surface area contributed by atoms with Crippen LogP contribution in [0.2, 0.25) is 5.02 Å². The normalized spacial score (nSPS) is 15.4. The van der Waals surface area contributed by atoms with Crippen molar-refractivity contribution in [2.45, 2.75) is 51.3 Å². The van der Waals surface area contributed by atoms with Gasteiger partial charge in [-0.05, 0) is 44.9 Å². The molecular weight excluding hydrogens is 320 g/mol. The summed E-state index contributed by atoms with van der Waals surface area (Å²) in [5, 5.41) is 12.6. The summed E-state index contributed by atoms with van der Waals surface area (Å²) in [6.45, 7) is 6.80. The van der Waals surface area contributed by atoms with Crippen molar-refractivity contribution in [1.29, 1.82) is 0 Å². The van der Waals surface area contributed by atoms with E-state index < -0.39 is 29.2 Å². The maximum atomic E-state index is 12.1. The van der Waals surface area contributed by atoms with E-state index in [4.69, 9.17) is 22.1 Å². The zero-order valence-corrected chi connectivity index (χ0v) is 14.5. The van der Waals surface area contributed by atoms with Crippen LogP contribution in [0.5, 0.6) is 0 Å². The minimum atomic E-state index is -1.68. The molecule has 2 atom stereocenters. The maximum Gasteiger partial charge on any atom is 0.408 e. The fourth-order valence-electron chi connectivity index (χ4n) is 2.07. The molecule has 0 saturated carbocycles. The number of ether oxygens (including phenoxy) is 1. The molecule has 0 unspecified atom stereocenters. The van der Waals surface area contributed by atoms with Gasteiger partial charge in [0.2, 0.25) is 0 Å². The Bertz CT molecular complexity index is 568. The number of halogens is 1. The number of rotatable bonds is 5. The van der Waals surface area contributed by atoms with Crippen LogP contribution in [0.1, 0.15) is 45.7 Å². The second kappa shape index (κ2) is 7.19. The van der Waals surface area contributed by atoms with Crippen LogP contribution >= 0.6 is 11.6 Å². The molecule has 128 valence electrons. The molecule has 23 heavy (non-hydrogen) atoms. The average molecular weight is 343 g/mol. The Morgan fingerprint density at radius 1 is 1.30 bits per heavy atom. The number of carbonyl (C=O) groups excluding carboxylic acids is 1. The second-order valence-electron chi connectivity index (χ2n) is 6.33. The van der Waals surface area contributed by atoms with E-state index in [9.17, 15) is 14.7 Å². The van der Waals surface area contributed by atoms with Gasteiger partial charge in [0.1, 0.15) is 11.1 Å². The molecule has 1 rings (SSSR count). The van der Waals surface area contributed by atoms with E-state index >= 15 is 0 Å². The van der Waals surface area contributed by atoms with Gasteiger partial charge in [-0.15, -0.1) is 0 Å². The third-order valence-corrected chi connectivity index (χ3v) is 3.61. The van der Waals surface area contributed by atoms with Crippen LogP contribution in [-0.4, -0.2) is 28.3 Å². The predicted octanol–water partition coefficient (Wildman–Crippen LogP) is 3.10. The van der Waals surface area contributed by atoms with Gasteiger partial charge in [0.05, 0.1) is 6.04 Å². The zero-order chi connectivity index (χ0) is 17.8. The molecule has 0 aliphatic rings. The van der Waals surface area contributed by atoms with Crippen molar-refractivity contribution in [3.05, 3.63) is 34.9 Å². The fourth-order valence-corrected chi connectivity index (χ4v) is 2.19. The quantitative estimate of drug-likeness (QED) is 0.763. The highest BCUT2D eigenvalue weighted by Gasteiger charge is 2.43. The summed E-state index contributed by atoms with van der Waals surface area (Å²) in [7, 11) is 0. The van der Waals surface area contributed by atoms with Gasteiger partial charge in [0, 0.05) is 5.02 Å². The molecule has 0 aromatic heterocycles. The summed E-state index contributed by atoms with van der Waals surface area (Å²) < 4.78 is 5.21. The highest BCUT2D eigenvalue weighted by Crippen LogP contribution is 2.29. The highest BCUT2D eigenvalue weighted by atomic mass is 35.5. The molecule has 1 amide bonds. The van der Waals surface area contributed by atoms with Crippen molar-refractivity contribution in [3.63, 3.8) is 0 Å². The third-order valence-electron chi connectivity index (χ3n) is 3.36. The number of carboxylic acids is 1. The lowest BCUT2D eigenvalue weighted by Crippen LogP contribution is -2.58. The van der Waals surface area contributed by atoms with E-state index in [2.05, 4.69) is 5.32 Å². The number of nitrogens with one attached hydrogen (secondary N) is 1. The van der Waals surface area contributed by atoms with Crippen LogP contribution in [0.3, 0.4) is 0 Å². The molecule has 0 spiro atoms. The highest BCUT2D eigenvalue weighted by molar-refractivity contribution is 6.30. The molecule has 4 N–H and O–H groups in total. The molecule has 1 aromatic carbocycles. The number of hydrogen-bond donors (Lipinski definition) is 3. The van der Waals surface area contributed by atoms with Gasteiger partial charge in [-0.1, -0.05) is 30.7 Å². The van der Waals surface area contributed by atoms with Gasteiger partial charge in [-0.3, -0.25) is 4.79 Å². The van der Waals surface area contributed by atoms with E-state index in [0.29, 0.717) is 10.6 Å². The van der Waals surface area contributed by atoms with Crippen LogP contribution in [-0.2, 0) is 9.53 Å². The van der Waals surface area contributed by atoms with E-state index in [1.54, 1.807) is 52.0 Å². The van der Waals surface area contributed by atoms with E-state index in [1.807, 2.05) is 0 Å². The first-order valence-corrected chi connectivity index (χ1v) is 7.64. The van der Waals surface area contributed by atoms with Crippen molar-refractivity contribution >= 4 is 23.7 Å². The number of benzene rings is 1. The smallest absolute Gasteiger partial charge is 0.408 e. The zero-order valence-electron chi connectivity index (χ0n) is 13.7. The van der Waals surface area contributed by atoms with Gasteiger partial charge < -0.3 is 20.9 Å². The molecule has 0 aliphatic heterocycles. The Balaban J connectivity index is 3.19. The molecular formula is C16H23ClN2O4. The maximum absolute atomic E-state index is 12.1. The van der Waals surface area contributed by atoms with Gasteiger partial charge in [0.25, 0.3) is 0 Å². The molecule has 6 nitrogen and oxygen atoms in total. The third kappa shape index (κ3) is 5.11. The van der Waals surface area contributed by atoms with Gasteiger partial charge >= 0.3 is 12.1 Å². The van der Waals surface area contributed by atoms with Crippen molar-refractivity contribution in [2.24, 2.45) is 5.73 Å². The number of alkyl carbamates (subject to hydrolysis) is 1. The van der Waals surface area contributed by atoms with Crippen LogP contribution < -0.4 is 11.1 Å². The van der Waals surface area contributed by atoms with Crippen LogP contribution in [0.15, 0.2) is 24.3 Å². The molecule has 0 aliphatic carbocycles. The lowest BCUT2D eigenvalue weighted by Gasteiger charge is -2.34. The lowest BCUT2D eigenvalue weighted by molar-refractivity contribution is -0.144. The summed E-state index contributed by atoms with van der Waals surface area (Å²) in [6.07, 6.45) is -0.618. The van der Waals surface area contributed by atoms with E-state index in [1.165, 1.54) is 0 Å². The summed E-state index contributed by atoms with van der Waals surface area (Å²) in [5.74, 6) is -1.21. The van der Waals surface area contributed by atoms with Crippen molar-refractivity contribution in [2.75, 3.05) is 0 Å². The monoisotopic (exact) mass is 342 g/mol. The first-order valence-electron chi connectivity index (χ1n) is 7.27. The Hall–Kier alpha value is -1.79. The second-order valence-corrected chi connectivity index (χ2v) is 6.77. The molecule has 0 heterocycles. The Morgan fingerprint density at radius 3 is 2.22 bits per heavy atom. The Labute approximate surface area is 141 Å². The average Bonchev–Trinajstić information content (AvgIpc) is 2.43. The van der Waals surface area contributed by atoms with Gasteiger partial charge in [-0.2, -0.15) is 0 Å². The standard InChI is InChI=1S/C16H23ClN2O4/c1-5-16(18,13(20)21)12(10-6-8-11(17)9-7-10)19-14(22)23-15(2,3)4/h6-9,12H,5,18H2,1-4H3,(H,19,22)(H,20,21)/t12-,16+/m1/s1. The summed E-state index contributed by atoms with van der Waals surface area (Å²) in [4.78, 5) is 23.7. The van der Waals surface area contributed by atoms with Crippen LogP contribution in [0, 0.1) is 0 Å². The first kappa shape index (κ1) is 19.3. The van der Waals surface area contributed by atoms with Crippen molar-refractivity contribution in [3.8, 4) is 0 Å². The Kier molecular flexibility index (Phi) is 6.02. The van der Waals surface area contributed by atoms with Gasteiger partial charge in [0.15, 0.2) is 0 Å². The van der Waals surface area contributed by atoms with Crippen molar-refractivity contribution < 1.29 is 19.4 Å². The summed E-state index contributed by atoms with van der Waals surface area (Å²) in [6, 6.07) is 5.52. The van der Waals surface area contributed by atoms with Crippen molar-refractivity contribution in [1.82, 2.24) is 5.32 Å². The van der Waals surface area contributed by atoms with E-state index in [-0.39, 0.29) is 6.42 Å². The summed E-state index contributed by atoms with van der Waals surface area (Å²) in [5.41, 5.74) is 4.22. The minimum absolute atomic E-state index is 0.116. The minimum Gasteiger partial charge on any atom is -0.480 e. The largest absolute Gasteiger partial charge is 0.480 e. The van der Waals surface area contributed by atoms with Gasteiger partial charge in [-0.25, -0.2) is 4.79 Å². The topological polar surface area (TPSA) is 102 Å². The number of aliphatic carboxylic acids is 1. The molecule has 1 aromatic rings. The SMILES string of the molecule is CC[C@@](N)(C(=O)O)[C@H](NC(=O)OC(C)(C)C)c1ccc(Cl)cc1. The van der Waals surface area contributed by atoms with E-state index in [0.717, 1.165) is 0 Å². The molecule has 0 fully saturated rings. The number of nitrogens with two attached hydrogens (primary N) is 1. The number of hydrogen-bond acceptors (Lipinski definition) is 4. The van der Waals surface area contributed by atoms with Crippen LogP contribution in [0.4, 0.5) is 4.79 Å². The number of amides is 1. The summed E-state index contributed by atoms with van der Waals surface area (Å²) >= 11 is 5.86. The predicted molar refractivity (Wildman–Crippen MR) is 88.4 cm³/mol. The first-order chi connectivity index (χ1) is 10.5. The molecule has 0 saturated heterocycles. The number of carbonyl (C=O) groups is 2. The van der Waals surface area contributed by atoms with Crippen LogP contribution in [0.25, 0.3) is 0 Å².